The van der Waals surface area contributed by atoms with Crippen LogP contribution in [0.4, 0.5) is 0 Å². The molecule has 1 heterocycles. The molecule has 1 aliphatic heterocycles. The number of fused-ring (bicyclic) bond motifs is 1. The molecule has 1 aromatic rings. The third-order valence-electron chi connectivity index (χ3n) is 5.31. The van der Waals surface area contributed by atoms with Crippen LogP contribution >= 0.6 is 11.6 Å². The molecule has 1 saturated carbocycles. The molecule has 0 bridgehead atoms. The first-order chi connectivity index (χ1) is 11.4. The number of sulfonamides is 1. The van der Waals surface area contributed by atoms with E-state index in [0.29, 0.717) is 11.5 Å². The van der Waals surface area contributed by atoms with Crippen molar-refractivity contribution in [2.45, 2.75) is 37.0 Å². The van der Waals surface area contributed by atoms with E-state index in [1.54, 1.807) is 6.07 Å². The normalized spacial score (nSPS) is 24.5. The summed E-state index contributed by atoms with van der Waals surface area (Å²) in [6.07, 6.45) is 6.06. The van der Waals surface area contributed by atoms with Crippen LogP contribution in [0, 0.1) is 11.8 Å². The average Bonchev–Trinajstić information content (AvgIpc) is 2.61. The van der Waals surface area contributed by atoms with Crippen molar-refractivity contribution < 1.29 is 13.2 Å². The summed E-state index contributed by atoms with van der Waals surface area (Å²) in [5, 5.41) is 0.117. The van der Waals surface area contributed by atoms with Crippen molar-refractivity contribution in [1.29, 1.82) is 0 Å². The Labute approximate surface area is 148 Å². The highest BCUT2D eigenvalue weighted by atomic mass is 35.5. The lowest BCUT2D eigenvalue weighted by Gasteiger charge is -2.41. The number of benzene rings is 1. The first-order valence-corrected chi connectivity index (χ1v) is 10.3. The van der Waals surface area contributed by atoms with Crippen molar-refractivity contribution >= 4 is 27.5 Å². The summed E-state index contributed by atoms with van der Waals surface area (Å²) in [5.41, 5.74) is 0.377. The highest BCUT2D eigenvalue weighted by Gasteiger charge is 2.33. The third-order valence-corrected chi connectivity index (χ3v) is 7.21. The molecule has 3 rings (SSSR count). The number of halogens is 1. The van der Waals surface area contributed by atoms with E-state index >= 15 is 0 Å². The molecule has 0 unspecified atom stereocenters. The highest BCUT2D eigenvalue weighted by molar-refractivity contribution is 7.89. The zero-order valence-electron chi connectivity index (χ0n) is 13.8. The SMILES string of the molecule is CNS(=O)(=O)c1cc(C(=O)N2CC[C@@H]3CCCC[C@@H]3C2)ccc1Cl. The number of nitrogens with one attached hydrogen (secondary N) is 1. The number of nitrogens with zero attached hydrogens (tertiary/aromatic N) is 1. The van der Waals surface area contributed by atoms with Crippen molar-refractivity contribution in [2.24, 2.45) is 11.8 Å². The largest absolute Gasteiger partial charge is 0.338 e. The number of hydrogen-bond donors (Lipinski definition) is 1. The number of rotatable bonds is 3. The first kappa shape index (κ1) is 17.7. The lowest BCUT2D eigenvalue weighted by atomic mass is 9.75. The molecule has 1 aliphatic carbocycles. The lowest BCUT2D eigenvalue weighted by Crippen LogP contribution is -2.44. The van der Waals surface area contributed by atoms with Crippen LogP contribution in [0.1, 0.15) is 42.5 Å². The molecule has 5 nitrogen and oxygen atoms in total. The molecule has 0 aromatic heterocycles. The number of amides is 1. The van der Waals surface area contributed by atoms with Gasteiger partial charge in [0.1, 0.15) is 4.90 Å². The Morgan fingerprint density at radius 2 is 1.92 bits per heavy atom. The molecule has 0 radical (unpaired) electrons. The Balaban J connectivity index is 1.81. The van der Waals surface area contributed by atoms with Crippen LogP contribution in [0.25, 0.3) is 0 Å². The van der Waals surface area contributed by atoms with E-state index in [-0.39, 0.29) is 15.8 Å². The van der Waals surface area contributed by atoms with Crippen LogP contribution in [0.2, 0.25) is 5.02 Å². The summed E-state index contributed by atoms with van der Waals surface area (Å²) in [6.45, 7) is 1.52. The van der Waals surface area contributed by atoms with Crippen LogP contribution in [0.5, 0.6) is 0 Å². The van der Waals surface area contributed by atoms with Gasteiger partial charge in [-0.25, -0.2) is 13.1 Å². The van der Waals surface area contributed by atoms with Gasteiger partial charge in [0.05, 0.1) is 5.02 Å². The second-order valence-electron chi connectivity index (χ2n) is 6.70. The fourth-order valence-electron chi connectivity index (χ4n) is 3.92. The Morgan fingerprint density at radius 1 is 1.21 bits per heavy atom. The molecule has 24 heavy (non-hydrogen) atoms. The maximum absolute atomic E-state index is 12.8. The van der Waals surface area contributed by atoms with Gasteiger partial charge in [0.15, 0.2) is 0 Å². The van der Waals surface area contributed by atoms with E-state index in [2.05, 4.69) is 4.72 Å². The molecule has 1 saturated heterocycles. The molecular weight excluding hydrogens is 348 g/mol. The van der Waals surface area contributed by atoms with Gasteiger partial charge in [0.25, 0.3) is 5.91 Å². The topological polar surface area (TPSA) is 66.5 Å². The molecule has 2 atom stereocenters. The van der Waals surface area contributed by atoms with E-state index in [4.69, 9.17) is 11.6 Å². The summed E-state index contributed by atoms with van der Waals surface area (Å²) in [4.78, 5) is 14.6. The van der Waals surface area contributed by atoms with Gasteiger partial charge in [-0.05, 0) is 49.9 Å². The molecule has 0 spiro atoms. The standard InChI is InChI=1S/C17H23ClN2O3S/c1-19-24(22,23)16-10-13(6-7-15(16)18)17(21)20-9-8-12-4-2-3-5-14(12)11-20/h6-7,10,12,14,19H,2-5,8-9,11H2,1H3/t12-,14+/m0/s1. The van der Waals surface area contributed by atoms with Crippen molar-refractivity contribution in [3.05, 3.63) is 28.8 Å². The minimum atomic E-state index is -3.69. The number of carbonyl (C=O) groups excluding carboxylic acids is 1. The van der Waals surface area contributed by atoms with E-state index < -0.39 is 10.0 Å². The van der Waals surface area contributed by atoms with Crippen LogP contribution in [-0.2, 0) is 10.0 Å². The molecule has 2 aliphatic rings. The monoisotopic (exact) mass is 370 g/mol. The van der Waals surface area contributed by atoms with Gasteiger partial charge in [-0.2, -0.15) is 0 Å². The van der Waals surface area contributed by atoms with Crippen LogP contribution in [0.15, 0.2) is 23.1 Å². The number of hydrogen-bond acceptors (Lipinski definition) is 3. The van der Waals surface area contributed by atoms with Gasteiger partial charge in [-0.15, -0.1) is 0 Å². The fourth-order valence-corrected chi connectivity index (χ4v) is 5.17. The molecular formula is C17H23ClN2O3S. The van der Waals surface area contributed by atoms with Crippen LogP contribution < -0.4 is 4.72 Å². The Bertz CT molecular complexity index is 735. The van der Waals surface area contributed by atoms with Crippen LogP contribution in [0.3, 0.4) is 0 Å². The van der Waals surface area contributed by atoms with Gasteiger partial charge >= 0.3 is 0 Å². The third kappa shape index (κ3) is 3.46. The number of likely N-dealkylation sites (tertiary alicyclic amines) is 1. The molecule has 7 heteroatoms. The first-order valence-electron chi connectivity index (χ1n) is 8.45. The fraction of sp³-hybridized carbons (Fsp3) is 0.588. The Kier molecular flexibility index (Phi) is 5.18. The summed E-state index contributed by atoms with van der Waals surface area (Å²) in [7, 11) is -2.36. The lowest BCUT2D eigenvalue weighted by molar-refractivity contribution is 0.0520. The Hall–Kier alpha value is -1.11. The Morgan fingerprint density at radius 3 is 2.62 bits per heavy atom. The van der Waals surface area contributed by atoms with Gasteiger partial charge < -0.3 is 4.90 Å². The zero-order chi connectivity index (χ0) is 17.3. The predicted octanol–water partition coefficient (Wildman–Crippen LogP) is 2.90. The predicted molar refractivity (Wildman–Crippen MR) is 93.7 cm³/mol. The number of carbonyl (C=O) groups is 1. The molecule has 1 amide bonds. The maximum Gasteiger partial charge on any atom is 0.253 e. The summed E-state index contributed by atoms with van der Waals surface area (Å²) in [6, 6.07) is 4.46. The second kappa shape index (κ2) is 7.02. The van der Waals surface area contributed by atoms with Gasteiger partial charge in [-0.3, -0.25) is 4.79 Å². The van der Waals surface area contributed by atoms with E-state index in [1.165, 1.54) is 44.9 Å². The summed E-state index contributed by atoms with van der Waals surface area (Å²) < 4.78 is 26.3. The molecule has 1 N–H and O–H groups in total. The van der Waals surface area contributed by atoms with Crippen molar-refractivity contribution in [3.63, 3.8) is 0 Å². The van der Waals surface area contributed by atoms with E-state index in [0.717, 1.165) is 25.4 Å². The minimum Gasteiger partial charge on any atom is -0.338 e. The molecule has 2 fully saturated rings. The van der Waals surface area contributed by atoms with E-state index in [9.17, 15) is 13.2 Å². The van der Waals surface area contributed by atoms with Crippen molar-refractivity contribution in [1.82, 2.24) is 9.62 Å². The van der Waals surface area contributed by atoms with Crippen molar-refractivity contribution in [3.8, 4) is 0 Å². The quantitative estimate of drug-likeness (QED) is 0.889. The average molecular weight is 371 g/mol. The zero-order valence-corrected chi connectivity index (χ0v) is 15.4. The van der Waals surface area contributed by atoms with Crippen LogP contribution in [-0.4, -0.2) is 39.4 Å². The van der Waals surface area contributed by atoms with Gasteiger partial charge in [0.2, 0.25) is 10.0 Å². The molecule has 1 aromatic carbocycles. The van der Waals surface area contributed by atoms with Gasteiger partial charge in [0, 0.05) is 18.7 Å². The van der Waals surface area contributed by atoms with Gasteiger partial charge in [-0.1, -0.05) is 30.9 Å². The maximum atomic E-state index is 12.8. The van der Waals surface area contributed by atoms with E-state index in [1.807, 2.05) is 4.90 Å². The van der Waals surface area contributed by atoms with Crippen molar-refractivity contribution in [2.75, 3.05) is 20.1 Å². The minimum absolute atomic E-state index is 0.0509. The highest BCUT2D eigenvalue weighted by Crippen LogP contribution is 2.36. The molecule has 132 valence electrons. The smallest absolute Gasteiger partial charge is 0.253 e. The number of piperidine rings is 1. The second-order valence-corrected chi connectivity index (χ2v) is 8.96. The summed E-state index contributed by atoms with van der Waals surface area (Å²) >= 11 is 6.00. The summed E-state index contributed by atoms with van der Waals surface area (Å²) in [5.74, 6) is 1.22.